The monoisotopic (exact) mass is 594 g/mol. The van der Waals surface area contributed by atoms with E-state index in [0.29, 0.717) is 19.5 Å². The maximum Gasteiger partial charge on any atom is 0.217 e. The highest BCUT2D eigenvalue weighted by molar-refractivity contribution is 5.74. The lowest BCUT2D eigenvalue weighted by molar-refractivity contribution is -0.253. The molecule has 1 aliphatic heterocycles. The van der Waals surface area contributed by atoms with Crippen molar-refractivity contribution in [1.82, 2.24) is 10.2 Å². The minimum atomic E-state index is -0.625. The topological polar surface area (TPSA) is 91.3 Å². The maximum absolute atomic E-state index is 11.5. The van der Waals surface area contributed by atoms with Crippen LogP contribution in [0.3, 0.4) is 0 Å². The van der Waals surface area contributed by atoms with E-state index < -0.39 is 12.4 Å². The number of likely N-dealkylation sites (N-methyl/N-ethyl adjacent to an activating group) is 1. The molecule has 44 heavy (non-hydrogen) atoms. The molecule has 1 amide bonds. The molecule has 1 fully saturated rings. The highest BCUT2D eigenvalue weighted by Crippen LogP contribution is 2.39. The van der Waals surface area contributed by atoms with Crippen molar-refractivity contribution >= 4 is 5.91 Å². The molecule has 4 aromatic rings. The Morgan fingerprint density at radius 3 is 2.25 bits per heavy atom. The van der Waals surface area contributed by atoms with Crippen LogP contribution in [-0.4, -0.2) is 46.8 Å². The quantitative estimate of drug-likeness (QED) is 0.195. The van der Waals surface area contributed by atoms with Gasteiger partial charge in [0, 0.05) is 38.0 Å². The first-order valence-electron chi connectivity index (χ1n) is 15.2. The Kier molecular flexibility index (Phi) is 10.6. The predicted octanol–water partition coefficient (Wildman–Crippen LogP) is 6.08. The van der Waals surface area contributed by atoms with Crippen LogP contribution in [-0.2, 0) is 27.4 Å². The first-order chi connectivity index (χ1) is 21.3. The van der Waals surface area contributed by atoms with Crippen LogP contribution in [0.1, 0.15) is 66.6 Å². The number of carbonyl (C=O) groups is 1. The molecule has 0 spiro atoms. The first kappa shape index (κ1) is 31.6. The lowest BCUT2D eigenvalue weighted by Crippen LogP contribution is -2.43. The van der Waals surface area contributed by atoms with E-state index in [0.717, 1.165) is 38.9 Å². The molecule has 7 nitrogen and oxygen atoms in total. The zero-order valence-corrected chi connectivity index (χ0v) is 25.6. The van der Waals surface area contributed by atoms with Crippen molar-refractivity contribution in [2.24, 2.45) is 0 Å². The molecular formula is C37H42N2O5. The number of carbonyl (C=O) groups excluding carboxylic acids is 1. The summed E-state index contributed by atoms with van der Waals surface area (Å²) >= 11 is 0. The number of ether oxygens (including phenoxy) is 2. The van der Waals surface area contributed by atoms with Crippen LogP contribution < -0.4 is 5.32 Å². The normalized spacial score (nSPS) is 19.8. The molecule has 0 bridgehead atoms. The predicted molar refractivity (Wildman–Crippen MR) is 171 cm³/mol. The standard InChI is InChI=1S/C37H42N2O5/c1-25(36(42)30-9-5-4-6-10-30)39(3)23-33-21-35(29-15-13-27(24-40)14-16-29)44-37(43-33)31-19-17-28(18-20-31)34-12-8-7-11-32(34)22-38-26(2)41/h4-20,25,33,35-37,40,42H,21-24H2,1-3H3,(H,38,41)/t25-,33-,35+,36-,37+/m1/s1. The Labute approximate surface area is 260 Å². The third-order valence-electron chi connectivity index (χ3n) is 8.44. The third-order valence-corrected chi connectivity index (χ3v) is 8.44. The summed E-state index contributed by atoms with van der Waals surface area (Å²) in [5.74, 6) is -0.0635. The molecule has 7 heteroatoms. The molecule has 1 saturated heterocycles. The molecule has 5 atom stereocenters. The van der Waals surface area contributed by atoms with E-state index in [1.165, 1.54) is 6.92 Å². The highest BCUT2D eigenvalue weighted by atomic mass is 16.7. The fourth-order valence-corrected chi connectivity index (χ4v) is 5.69. The van der Waals surface area contributed by atoms with Crippen LogP contribution >= 0.6 is 0 Å². The van der Waals surface area contributed by atoms with Gasteiger partial charge >= 0.3 is 0 Å². The van der Waals surface area contributed by atoms with Crippen LogP contribution in [0.2, 0.25) is 0 Å². The third kappa shape index (κ3) is 7.80. The van der Waals surface area contributed by atoms with Gasteiger partial charge in [0.05, 0.1) is 24.9 Å². The minimum Gasteiger partial charge on any atom is -0.392 e. The summed E-state index contributed by atoms with van der Waals surface area (Å²) in [5, 5.41) is 23.5. The van der Waals surface area contributed by atoms with Crippen molar-refractivity contribution < 1.29 is 24.5 Å². The van der Waals surface area contributed by atoms with E-state index in [2.05, 4.69) is 28.4 Å². The average Bonchev–Trinajstić information content (AvgIpc) is 3.07. The van der Waals surface area contributed by atoms with Crippen LogP contribution in [0.4, 0.5) is 0 Å². The summed E-state index contributed by atoms with van der Waals surface area (Å²) in [5.41, 5.74) is 6.83. The minimum absolute atomic E-state index is 0.00706. The number of aliphatic hydroxyl groups is 2. The van der Waals surface area contributed by atoms with E-state index in [1.54, 1.807) is 0 Å². The number of rotatable bonds is 11. The summed E-state index contributed by atoms with van der Waals surface area (Å²) < 4.78 is 13.1. The van der Waals surface area contributed by atoms with Crippen molar-refractivity contribution in [3.63, 3.8) is 0 Å². The Balaban J connectivity index is 1.36. The zero-order valence-electron chi connectivity index (χ0n) is 25.6. The summed E-state index contributed by atoms with van der Waals surface area (Å²) in [6, 6.07) is 33.7. The van der Waals surface area contributed by atoms with Gasteiger partial charge < -0.3 is 25.0 Å². The van der Waals surface area contributed by atoms with Crippen molar-refractivity contribution in [2.45, 2.75) is 64.1 Å². The lowest BCUT2D eigenvalue weighted by atomic mass is 9.97. The molecule has 0 aliphatic carbocycles. The second-order valence-corrected chi connectivity index (χ2v) is 11.6. The number of hydrogen-bond acceptors (Lipinski definition) is 6. The molecule has 5 rings (SSSR count). The Bertz CT molecular complexity index is 1490. The van der Waals surface area contributed by atoms with E-state index in [-0.39, 0.29) is 30.8 Å². The summed E-state index contributed by atoms with van der Waals surface area (Å²) in [6.07, 6.45) is -0.901. The molecule has 0 aromatic heterocycles. The molecular weight excluding hydrogens is 552 g/mol. The van der Waals surface area contributed by atoms with Gasteiger partial charge in [-0.1, -0.05) is 103 Å². The van der Waals surface area contributed by atoms with Crippen LogP contribution in [0.25, 0.3) is 11.1 Å². The number of hydrogen-bond donors (Lipinski definition) is 3. The number of nitrogens with one attached hydrogen (secondary N) is 1. The van der Waals surface area contributed by atoms with Crippen molar-refractivity contribution in [3.05, 3.63) is 131 Å². The molecule has 3 N–H and O–H groups in total. The fourth-order valence-electron chi connectivity index (χ4n) is 5.69. The Hall–Kier alpha value is -3.85. The largest absolute Gasteiger partial charge is 0.392 e. The van der Waals surface area contributed by atoms with E-state index >= 15 is 0 Å². The fraction of sp³-hybridized carbons (Fsp3) is 0.324. The molecule has 0 saturated carbocycles. The SMILES string of the molecule is CC(=O)NCc1ccccc1-c1ccc([C@H]2O[C@@H](CN(C)[C@H](C)[C@@H](O)c3ccccc3)C[C@@H](c3ccc(CO)cc3)O2)cc1. The summed E-state index contributed by atoms with van der Waals surface area (Å²) in [7, 11) is 2.02. The van der Waals surface area contributed by atoms with Crippen molar-refractivity contribution in [1.29, 1.82) is 0 Å². The van der Waals surface area contributed by atoms with Gasteiger partial charge in [0.1, 0.15) is 0 Å². The Morgan fingerprint density at radius 2 is 1.57 bits per heavy atom. The molecule has 1 aliphatic rings. The van der Waals surface area contributed by atoms with Gasteiger partial charge in [-0.3, -0.25) is 9.69 Å². The molecule has 0 unspecified atom stereocenters. The molecule has 0 radical (unpaired) electrons. The highest BCUT2D eigenvalue weighted by Gasteiger charge is 2.34. The van der Waals surface area contributed by atoms with E-state index in [1.807, 2.05) is 98.9 Å². The number of benzene rings is 4. The van der Waals surface area contributed by atoms with Crippen molar-refractivity contribution in [2.75, 3.05) is 13.6 Å². The Morgan fingerprint density at radius 1 is 0.909 bits per heavy atom. The zero-order chi connectivity index (χ0) is 31.1. The molecule has 1 heterocycles. The van der Waals surface area contributed by atoms with E-state index in [9.17, 15) is 15.0 Å². The molecule has 230 valence electrons. The van der Waals surface area contributed by atoms with Crippen molar-refractivity contribution in [3.8, 4) is 11.1 Å². The average molecular weight is 595 g/mol. The van der Waals surface area contributed by atoms with Gasteiger partial charge in [0.2, 0.25) is 5.91 Å². The number of nitrogens with zero attached hydrogens (tertiary/aromatic N) is 1. The van der Waals surface area contributed by atoms with E-state index in [4.69, 9.17) is 9.47 Å². The van der Waals surface area contributed by atoms with Gasteiger partial charge in [-0.2, -0.15) is 0 Å². The smallest absolute Gasteiger partial charge is 0.217 e. The summed E-state index contributed by atoms with van der Waals surface area (Å²) in [4.78, 5) is 13.7. The van der Waals surface area contributed by atoms with Gasteiger partial charge in [-0.15, -0.1) is 0 Å². The van der Waals surface area contributed by atoms with Crippen LogP contribution in [0, 0.1) is 0 Å². The van der Waals surface area contributed by atoms with Gasteiger partial charge in [0.15, 0.2) is 6.29 Å². The van der Waals surface area contributed by atoms with Crippen LogP contribution in [0.15, 0.2) is 103 Å². The van der Waals surface area contributed by atoms with Crippen LogP contribution in [0.5, 0.6) is 0 Å². The second-order valence-electron chi connectivity index (χ2n) is 11.6. The maximum atomic E-state index is 11.5. The van der Waals surface area contributed by atoms with Gasteiger partial charge in [-0.05, 0) is 47.4 Å². The number of aliphatic hydroxyl groups excluding tert-OH is 2. The summed E-state index contributed by atoms with van der Waals surface area (Å²) in [6.45, 7) is 4.62. The first-order valence-corrected chi connectivity index (χ1v) is 15.2. The van der Waals surface area contributed by atoms with Gasteiger partial charge in [-0.25, -0.2) is 0 Å². The number of amides is 1. The molecule has 4 aromatic carbocycles. The second kappa shape index (κ2) is 14.8. The van der Waals surface area contributed by atoms with Gasteiger partial charge in [0.25, 0.3) is 0 Å². The lowest BCUT2D eigenvalue weighted by Gasteiger charge is -2.39.